The van der Waals surface area contributed by atoms with Crippen LogP contribution in [0.5, 0.6) is 0 Å². The van der Waals surface area contributed by atoms with Gasteiger partial charge in [0.1, 0.15) is 0 Å². The Morgan fingerprint density at radius 1 is 1.18 bits per heavy atom. The molecule has 0 saturated carbocycles. The van der Waals surface area contributed by atoms with Crippen molar-refractivity contribution in [1.29, 1.82) is 0 Å². The Morgan fingerprint density at radius 2 is 1.82 bits per heavy atom. The lowest BCUT2D eigenvalue weighted by Gasteiger charge is -2.33. The molecule has 1 heterocycles. The number of hydrogen-bond acceptors (Lipinski definition) is 2. The molecule has 1 atom stereocenters. The van der Waals surface area contributed by atoms with Crippen LogP contribution < -0.4 is 4.90 Å². The van der Waals surface area contributed by atoms with Crippen LogP contribution in [-0.2, 0) is 10.2 Å². The summed E-state index contributed by atoms with van der Waals surface area (Å²) < 4.78 is 5.57. The summed E-state index contributed by atoms with van der Waals surface area (Å²) >= 11 is 0. The molecule has 1 fully saturated rings. The van der Waals surface area contributed by atoms with Gasteiger partial charge >= 0.3 is 0 Å². The monoisotopic (exact) mass is 233 g/mol. The first-order valence-corrected chi connectivity index (χ1v) is 6.44. The topological polar surface area (TPSA) is 12.5 Å². The van der Waals surface area contributed by atoms with Gasteiger partial charge in [0.25, 0.3) is 0 Å². The third kappa shape index (κ3) is 3.01. The van der Waals surface area contributed by atoms with Crippen molar-refractivity contribution in [3.05, 3.63) is 29.8 Å². The lowest BCUT2D eigenvalue weighted by molar-refractivity contribution is 0.0532. The molecule has 0 aliphatic carbocycles. The number of nitrogens with zero attached hydrogens (tertiary/aromatic N) is 1. The Morgan fingerprint density at radius 3 is 2.35 bits per heavy atom. The molecule has 2 nitrogen and oxygen atoms in total. The quantitative estimate of drug-likeness (QED) is 0.738. The Balaban J connectivity index is 2.12. The second-order valence-corrected chi connectivity index (χ2v) is 5.92. The van der Waals surface area contributed by atoms with Crippen LogP contribution in [0, 0.1) is 0 Å². The second kappa shape index (κ2) is 4.69. The van der Waals surface area contributed by atoms with Crippen LogP contribution in [0.3, 0.4) is 0 Å². The van der Waals surface area contributed by atoms with Gasteiger partial charge < -0.3 is 9.64 Å². The van der Waals surface area contributed by atoms with Crippen LogP contribution in [0.1, 0.15) is 33.3 Å². The normalized spacial score (nSPS) is 21.6. The van der Waals surface area contributed by atoms with Crippen LogP contribution in [0.25, 0.3) is 0 Å². The molecule has 1 unspecified atom stereocenters. The zero-order valence-corrected chi connectivity index (χ0v) is 11.4. The largest absolute Gasteiger partial charge is 0.375 e. The van der Waals surface area contributed by atoms with Gasteiger partial charge in [-0.3, -0.25) is 0 Å². The van der Waals surface area contributed by atoms with Crippen molar-refractivity contribution in [2.75, 3.05) is 24.6 Å². The fourth-order valence-electron chi connectivity index (χ4n) is 2.23. The highest BCUT2D eigenvalue weighted by Crippen LogP contribution is 2.25. The lowest BCUT2D eigenvalue weighted by Crippen LogP contribution is -2.41. The van der Waals surface area contributed by atoms with Crippen molar-refractivity contribution < 1.29 is 4.74 Å². The fourth-order valence-corrected chi connectivity index (χ4v) is 2.23. The molecule has 94 valence electrons. The minimum absolute atomic E-state index is 0.233. The summed E-state index contributed by atoms with van der Waals surface area (Å²) in [4.78, 5) is 2.40. The highest BCUT2D eigenvalue weighted by atomic mass is 16.5. The van der Waals surface area contributed by atoms with Crippen LogP contribution in [0.15, 0.2) is 24.3 Å². The van der Waals surface area contributed by atoms with Gasteiger partial charge in [0.2, 0.25) is 0 Å². The summed E-state index contributed by atoms with van der Waals surface area (Å²) in [5, 5.41) is 0. The van der Waals surface area contributed by atoms with Crippen molar-refractivity contribution in [3.8, 4) is 0 Å². The van der Waals surface area contributed by atoms with Gasteiger partial charge in [-0.2, -0.15) is 0 Å². The minimum Gasteiger partial charge on any atom is -0.375 e. The molecule has 2 heteroatoms. The van der Waals surface area contributed by atoms with Crippen molar-refractivity contribution in [2.45, 2.75) is 39.2 Å². The standard InChI is InChI=1S/C15H23NO/c1-12-11-16(9-10-17-12)14-7-5-13(6-8-14)15(2,3)4/h5-8,12H,9-11H2,1-4H3. The summed E-state index contributed by atoms with van der Waals surface area (Å²) in [6.45, 7) is 11.7. The first kappa shape index (κ1) is 12.4. The highest BCUT2D eigenvalue weighted by molar-refractivity contribution is 5.49. The van der Waals surface area contributed by atoms with Crippen LogP contribution >= 0.6 is 0 Å². The van der Waals surface area contributed by atoms with E-state index < -0.39 is 0 Å². The molecule has 1 aromatic rings. The molecule has 0 radical (unpaired) electrons. The van der Waals surface area contributed by atoms with E-state index in [0.717, 1.165) is 19.7 Å². The summed E-state index contributed by atoms with van der Waals surface area (Å²) in [5.74, 6) is 0. The molecule has 0 spiro atoms. The molecule has 17 heavy (non-hydrogen) atoms. The van der Waals surface area contributed by atoms with Gasteiger partial charge in [-0.1, -0.05) is 32.9 Å². The first-order chi connectivity index (χ1) is 7.97. The van der Waals surface area contributed by atoms with Gasteiger partial charge in [-0.05, 0) is 30.0 Å². The Kier molecular flexibility index (Phi) is 3.43. The van der Waals surface area contributed by atoms with Crippen molar-refractivity contribution in [3.63, 3.8) is 0 Å². The number of hydrogen-bond donors (Lipinski definition) is 0. The second-order valence-electron chi connectivity index (χ2n) is 5.92. The molecule has 1 aliphatic heterocycles. The van der Waals surface area contributed by atoms with E-state index in [0.29, 0.717) is 6.10 Å². The summed E-state index contributed by atoms with van der Waals surface area (Å²) in [7, 11) is 0. The SMILES string of the molecule is CC1CN(c2ccc(C(C)(C)C)cc2)CCO1. The van der Waals surface area contributed by atoms with Crippen LogP contribution in [0.2, 0.25) is 0 Å². The van der Waals surface area contributed by atoms with Crippen LogP contribution in [-0.4, -0.2) is 25.8 Å². The molecule has 0 bridgehead atoms. The minimum atomic E-state index is 0.233. The van der Waals surface area contributed by atoms with Gasteiger partial charge in [0.05, 0.1) is 12.7 Å². The van der Waals surface area contributed by atoms with Crippen molar-refractivity contribution >= 4 is 5.69 Å². The van der Waals surface area contributed by atoms with Gasteiger partial charge in [0, 0.05) is 18.8 Å². The Hall–Kier alpha value is -1.02. The van der Waals surface area contributed by atoms with E-state index in [4.69, 9.17) is 4.74 Å². The molecule has 1 aliphatic rings. The van der Waals surface area contributed by atoms with E-state index in [9.17, 15) is 0 Å². The maximum atomic E-state index is 5.57. The predicted molar refractivity (Wildman–Crippen MR) is 72.8 cm³/mol. The first-order valence-electron chi connectivity index (χ1n) is 6.44. The average molecular weight is 233 g/mol. The number of anilines is 1. The number of ether oxygens (including phenoxy) is 1. The van der Waals surface area contributed by atoms with Gasteiger partial charge in [0.15, 0.2) is 0 Å². The summed E-state index contributed by atoms with van der Waals surface area (Å²) in [6, 6.07) is 8.96. The maximum Gasteiger partial charge on any atom is 0.0722 e. The third-order valence-corrected chi connectivity index (χ3v) is 3.34. The van der Waals surface area contributed by atoms with Gasteiger partial charge in [-0.15, -0.1) is 0 Å². The van der Waals surface area contributed by atoms with Gasteiger partial charge in [-0.25, -0.2) is 0 Å². The molecule has 1 aromatic carbocycles. The maximum absolute atomic E-state index is 5.57. The van der Waals surface area contributed by atoms with E-state index >= 15 is 0 Å². The third-order valence-electron chi connectivity index (χ3n) is 3.34. The van der Waals surface area contributed by atoms with E-state index in [1.807, 2.05) is 0 Å². The Labute approximate surface area is 105 Å². The molecule has 0 amide bonds. The van der Waals surface area contributed by atoms with Crippen molar-refractivity contribution in [1.82, 2.24) is 0 Å². The molecule has 0 aromatic heterocycles. The summed E-state index contributed by atoms with van der Waals surface area (Å²) in [6.07, 6.45) is 0.339. The van der Waals surface area contributed by atoms with E-state index in [1.54, 1.807) is 0 Å². The molecule has 0 N–H and O–H groups in total. The number of morpholine rings is 1. The highest BCUT2D eigenvalue weighted by Gasteiger charge is 2.18. The molecule has 1 saturated heterocycles. The van der Waals surface area contributed by atoms with E-state index in [-0.39, 0.29) is 5.41 Å². The van der Waals surface area contributed by atoms with Crippen LogP contribution in [0.4, 0.5) is 5.69 Å². The molecular weight excluding hydrogens is 210 g/mol. The fraction of sp³-hybridized carbons (Fsp3) is 0.600. The number of rotatable bonds is 1. The Bertz CT molecular complexity index is 364. The van der Waals surface area contributed by atoms with E-state index in [1.165, 1.54) is 11.3 Å². The smallest absolute Gasteiger partial charge is 0.0722 e. The average Bonchev–Trinajstić information content (AvgIpc) is 2.28. The van der Waals surface area contributed by atoms with E-state index in [2.05, 4.69) is 56.9 Å². The zero-order chi connectivity index (χ0) is 12.5. The molecule has 2 rings (SSSR count). The zero-order valence-electron chi connectivity index (χ0n) is 11.4. The molecular formula is C15H23NO. The predicted octanol–water partition coefficient (Wildman–Crippen LogP) is 3.21. The summed E-state index contributed by atoms with van der Waals surface area (Å²) in [5.41, 5.74) is 2.94. The number of benzene rings is 1. The van der Waals surface area contributed by atoms with Crippen molar-refractivity contribution in [2.24, 2.45) is 0 Å². The lowest BCUT2D eigenvalue weighted by atomic mass is 9.87.